The van der Waals surface area contributed by atoms with Gasteiger partial charge in [-0.1, -0.05) is 13.8 Å². The van der Waals surface area contributed by atoms with E-state index in [1.807, 2.05) is 13.8 Å². The van der Waals surface area contributed by atoms with Gasteiger partial charge in [0.25, 0.3) is 5.91 Å². The lowest BCUT2D eigenvalue weighted by molar-refractivity contribution is -0.124. The van der Waals surface area contributed by atoms with Gasteiger partial charge < -0.3 is 20.5 Å². The van der Waals surface area contributed by atoms with Gasteiger partial charge in [-0.15, -0.1) is 0 Å². The third kappa shape index (κ3) is 4.79. The maximum absolute atomic E-state index is 11.8. The van der Waals surface area contributed by atoms with Crippen molar-refractivity contribution in [3.05, 3.63) is 23.8 Å². The zero-order chi connectivity index (χ0) is 15.1. The van der Waals surface area contributed by atoms with E-state index in [0.717, 1.165) is 0 Å². The van der Waals surface area contributed by atoms with Crippen molar-refractivity contribution >= 4 is 17.6 Å². The number of hydrogen-bond acceptors (Lipinski definition) is 5. The molecule has 6 heteroatoms. The minimum atomic E-state index is -0.652. The zero-order valence-corrected chi connectivity index (χ0v) is 11.9. The number of nitrogen functional groups attached to an aromatic ring is 1. The molecule has 1 rings (SSSR count). The molecule has 0 saturated carbocycles. The van der Waals surface area contributed by atoms with E-state index in [-0.39, 0.29) is 23.8 Å². The monoisotopic (exact) mass is 280 g/mol. The summed E-state index contributed by atoms with van der Waals surface area (Å²) in [5.74, 6) is -0.159. The van der Waals surface area contributed by atoms with Gasteiger partial charge in [-0.25, -0.2) is 4.79 Å². The largest absolute Gasteiger partial charge is 0.497 e. The van der Waals surface area contributed by atoms with Crippen LogP contribution in [0.5, 0.6) is 5.75 Å². The van der Waals surface area contributed by atoms with E-state index in [0.29, 0.717) is 18.2 Å². The summed E-state index contributed by atoms with van der Waals surface area (Å²) < 4.78 is 9.92. The van der Waals surface area contributed by atoms with Gasteiger partial charge in [0.1, 0.15) is 5.75 Å². The Kier molecular flexibility index (Phi) is 5.83. The van der Waals surface area contributed by atoms with Gasteiger partial charge in [-0.05, 0) is 24.1 Å². The number of carbonyl (C=O) groups is 2. The minimum Gasteiger partial charge on any atom is -0.497 e. The second-order valence-electron chi connectivity index (χ2n) is 4.73. The fraction of sp³-hybridized carbons (Fsp3) is 0.429. The minimum absolute atomic E-state index is 0.181. The summed E-state index contributed by atoms with van der Waals surface area (Å²) in [6.45, 7) is 4.16. The smallest absolute Gasteiger partial charge is 0.340 e. The number of benzene rings is 1. The predicted molar refractivity (Wildman–Crippen MR) is 75.5 cm³/mol. The second kappa shape index (κ2) is 7.37. The maximum atomic E-state index is 11.8. The molecule has 0 atom stereocenters. The van der Waals surface area contributed by atoms with Crippen LogP contribution in [0.4, 0.5) is 5.69 Å². The molecule has 20 heavy (non-hydrogen) atoms. The summed E-state index contributed by atoms with van der Waals surface area (Å²) in [5, 5.41) is 2.65. The third-order valence-corrected chi connectivity index (χ3v) is 2.52. The topological polar surface area (TPSA) is 90.7 Å². The van der Waals surface area contributed by atoms with Gasteiger partial charge in [-0.2, -0.15) is 0 Å². The molecule has 3 N–H and O–H groups in total. The standard InChI is InChI=1S/C14H20N2O4/c1-9(2)7-16-13(17)8-20-14(18)11-6-10(19-3)4-5-12(11)15/h4-6,9H,7-8,15H2,1-3H3,(H,16,17). The van der Waals surface area contributed by atoms with E-state index in [2.05, 4.69) is 5.32 Å². The number of anilines is 1. The molecule has 1 aromatic carbocycles. The molecule has 0 aliphatic rings. The Morgan fingerprint density at radius 1 is 1.35 bits per heavy atom. The van der Waals surface area contributed by atoms with Crippen molar-refractivity contribution < 1.29 is 19.1 Å². The number of amides is 1. The molecule has 0 bridgehead atoms. The summed E-state index contributed by atoms with van der Waals surface area (Å²) in [4.78, 5) is 23.3. The van der Waals surface area contributed by atoms with Crippen LogP contribution in [-0.2, 0) is 9.53 Å². The number of nitrogens with one attached hydrogen (secondary N) is 1. The van der Waals surface area contributed by atoms with Crippen molar-refractivity contribution in [1.29, 1.82) is 0 Å². The quantitative estimate of drug-likeness (QED) is 0.603. The van der Waals surface area contributed by atoms with Gasteiger partial charge in [-0.3, -0.25) is 4.79 Å². The van der Waals surface area contributed by atoms with E-state index in [9.17, 15) is 9.59 Å². The third-order valence-electron chi connectivity index (χ3n) is 2.52. The van der Waals surface area contributed by atoms with Crippen molar-refractivity contribution in [3.63, 3.8) is 0 Å². The van der Waals surface area contributed by atoms with Crippen LogP contribution < -0.4 is 15.8 Å². The van der Waals surface area contributed by atoms with E-state index in [1.54, 1.807) is 12.1 Å². The predicted octanol–water partition coefficient (Wildman–Crippen LogP) is 1.21. The summed E-state index contributed by atoms with van der Waals surface area (Å²) in [6.07, 6.45) is 0. The maximum Gasteiger partial charge on any atom is 0.340 e. The molecular weight excluding hydrogens is 260 g/mol. The molecular formula is C14H20N2O4. The van der Waals surface area contributed by atoms with Crippen LogP contribution >= 0.6 is 0 Å². The fourth-order valence-corrected chi connectivity index (χ4v) is 1.42. The van der Waals surface area contributed by atoms with Crippen molar-refractivity contribution in [1.82, 2.24) is 5.32 Å². The zero-order valence-electron chi connectivity index (χ0n) is 11.9. The van der Waals surface area contributed by atoms with E-state index < -0.39 is 5.97 Å². The number of nitrogens with two attached hydrogens (primary N) is 1. The average molecular weight is 280 g/mol. The Bertz CT molecular complexity index is 486. The molecule has 0 aromatic heterocycles. The highest BCUT2D eigenvalue weighted by molar-refractivity contribution is 5.96. The number of esters is 1. The van der Waals surface area contributed by atoms with Crippen LogP contribution in [0, 0.1) is 5.92 Å². The highest BCUT2D eigenvalue weighted by Crippen LogP contribution is 2.20. The van der Waals surface area contributed by atoms with Crippen molar-refractivity contribution in [2.24, 2.45) is 5.92 Å². The number of ether oxygens (including phenoxy) is 2. The number of rotatable bonds is 6. The van der Waals surface area contributed by atoms with Crippen LogP contribution in [-0.4, -0.2) is 32.1 Å². The lowest BCUT2D eigenvalue weighted by Crippen LogP contribution is -2.31. The Morgan fingerprint density at radius 3 is 2.65 bits per heavy atom. The molecule has 0 heterocycles. The SMILES string of the molecule is COc1ccc(N)c(C(=O)OCC(=O)NCC(C)C)c1. The van der Waals surface area contributed by atoms with Crippen LogP contribution in [0.1, 0.15) is 24.2 Å². The van der Waals surface area contributed by atoms with Crippen molar-refractivity contribution in [2.75, 3.05) is 26.0 Å². The van der Waals surface area contributed by atoms with Crippen molar-refractivity contribution in [3.8, 4) is 5.75 Å². The second-order valence-corrected chi connectivity index (χ2v) is 4.73. The molecule has 110 valence electrons. The van der Waals surface area contributed by atoms with Crippen molar-refractivity contribution in [2.45, 2.75) is 13.8 Å². The molecule has 0 saturated heterocycles. The van der Waals surface area contributed by atoms with Crippen LogP contribution in [0.15, 0.2) is 18.2 Å². The van der Waals surface area contributed by atoms with Crippen LogP contribution in [0.2, 0.25) is 0 Å². The fourth-order valence-electron chi connectivity index (χ4n) is 1.42. The molecule has 0 radical (unpaired) electrons. The molecule has 1 amide bonds. The Morgan fingerprint density at radius 2 is 2.05 bits per heavy atom. The number of hydrogen-bond donors (Lipinski definition) is 2. The lowest BCUT2D eigenvalue weighted by atomic mass is 10.2. The first-order valence-corrected chi connectivity index (χ1v) is 6.31. The van der Waals surface area contributed by atoms with Gasteiger partial charge in [0.05, 0.1) is 12.7 Å². The van der Waals surface area contributed by atoms with E-state index >= 15 is 0 Å². The van der Waals surface area contributed by atoms with Gasteiger partial charge >= 0.3 is 5.97 Å². The van der Waals surface area contributed by atoms with Crippen LogP contribution in [0.3, 0.4) is 0 Å². The first kappa shape index (κ1) is 15.8. The average Bonchev–Trinajstić information content (AvgIpc) is 2.43. The molecule has 1 aromatic rings. The van der Waals surface area contributed by atoms with E-state index in [1.165, 1.54) is 13.2 Å². The first-order valence-electron chi connectivity index (χ1n) is 6.31. The molecule has 0 fully saturated rings. The summed E-state index contributed by atoms with van der Waals surface area (Å²) in [6, 6.07) is 4.67. The van der Waals surface area contributed by atoms with Gasteiger partial charge in [0.2, 0.25) is 0 Å². The summed E-state index contributed by atoms with van der Waals surface area (Å²) in [5.41, 5.74) is 6.15. The number of carbonyl (C=O) groups excluding carboxylic acids is 2. The Hall–Kier alpha value is -2.24. The molecule has 0 unspecified atom stereocenters. The van der Waals surface area contributed by atoms with Gasteiger partial charge in [0, 0.05) is 12.2 Å². The highest BCUT2D eigenvalue weighted by Gasteiger charge is 2.14. The summed E-state index contributed by atoms with van der Waals surface area (Å²) >= 11 is 0. The highest BCUT2D eigenvalue weighted by atomic mass is 16.5. The molecule has 0 spiro atoms. The molecule has 0 aliphatic heterocycles. The molecule has 0 aliphatic carbocycles. The summed E-state index contributed by atoms with van der Waals surface area (Å²) in [7, 11) is 1.49. The Balaban J connectivity index is 2.56. The van der Waals surface area contributed by atoms with Crippen LogP contribution in [0.25, 0.3) is 0 Å². The lowest BCUT2D eigenvalue weighted by Gasteiger charge is -2.10. The van der Waals surface area contributed by atoms with Gasteiger partial charge in [0.15, 0.2) is 6.61 Å². The first-order chi connectivity index (χ1) is 9.43. The molecule has 6 nitrogen and oxygen atoms in total. The Labute approximate surface area is 118 Å². The number of methoxy groups -OCH3 is 1. The normalized spacial score (nSPS) is 10.2. The van der Waals surface area contributed by atoms with E-state index in [4.69, 9.17) is 15.2 Å².